The molecule has 2 amide bonds. The van der Waals surface area contributed by atoms with E-state index in [1.54, 1.807) is 30.4 Å². The zero-order chi connectivity index (χ0) is 16.8. The van der Waals surface area contributed by atoms with Crippen LogP contribution in [0.25, 0.3) is 0 Å². The largest absolute Gasteiger partial charge is 0.466 e. The molecule has 1 aliphatic rings. The predicted octanol–water partition coefficient (Wildman–Crippen LogP) is 0.446. The van der Waals surface area contributed by atoms with Crippen molar-refractivity contribution in [3.05, 3.63) is 42.2 Å². The molecule has 0 unspecified atom stereocenters. The molecule has 0 aliphatic carbocycles. The zero-order valence-electron chi connectivity index (χ0n) is 13.1. The molecule has 2 heterocycles. The first kappa shape index (κ1) is 16.7. The SMILES string of the molecule is COC(=O)/C=C/CNC(=O)[C@@H]1CC(=O)N(C)[C@H]1c1cccnc1. The molecule has 122 valence electrons. The number of methoxy groups -OCH3 is 1. The molecule has 1 fully saturated rings. The summed E-state index contributed by atoms with van der Waals surface area (Å²) in [6, 6.07) is 3.30. The molecule has 1 aromatic rings. The van der Waals surface area contributed by atoms with Crippen LogP contribution in [0.4, 0.5) is 0 Å². The molecule has 7 heteroatoms. The van der Waals surface area contributed by atoms with Crippen molar-refractivity contribution in [2.75, 3.05) is 20.7 Å². The topological polar surface area (TPSA) is 88.6 Å². The van der Waals surface area contributed by atoms with E-state index < -0.39 is 11.9 Å². The molecule has 0 bridgehead atoms. The monoisotopic (exact) mass is 317 g/mol. The van der Waals surface area contributed by atoms with E-state index in [1.165, 1.54) is 19.3 Å². The van der Waals surface area contributed by atoms with Gasteiger partial charge in [0, 0.05) is 38.5 Å². The van der Waals surface area contributed by atoms with Crippen molar-refractivity contribution in [1.82, 2.24) is 15.2 Å². The second kappa shape index (κ2) is 7.53. The van der Waals surface area contributed by atoms with Crippen molar-refractivity contribution in [2.24, 2.45) is 5.92 Å². The molecule has 1 N–H and O–H groups in total. The van der Waals surface area contributed by atoms with Gasteiger partial charge in [-0.2, -0.15) is 0 Å². The Morgan fingerprint density at radius 1 is 1.52 bits per heavy atom. The Balaban J connectivity index is 2.04. The van der Waals surface area contributed by atoms with E-state index in [2.05, 4.69) is 15.0 Å². The Bertz CT molecular complexity index is 615. The zero-order valence-corrected chi connectivity index (χ0v) is 13.1. The lowest BCUT2D eigenvalue weighted by atomic mass is 9.94. The van der Waals surface area contributed by atoms with Crippen LogP contribution in [0.1, 0.15) is 18.0 Å². The fraction of sp³-hybridized carbons (Fsp3) is 0.375. The number of nitrogens with zero attached hydrogens (tertiary/aromatic N) is 2. The maximum atomic E-state index is 12.4. The van der Waals surface area contributed by atoms with E-state index in [4.69, 9.17) is 0 Å². The fourth-order valence-electron chi connectivity index (χ4n) is 2.63. The van der Waals surface area contributed by atoms with Crippen molar-refractivity contribution < 1.29 is 19.1 Å². The number of nitrogens with one attached hydrogen (secondary N) is 1. The summed E-state index contributed by atoms with van der Waals surface area (Å²) in [6.45, 7) is 0.197. The van der Waals surface area contributed by atoms with Crippen molar-refractivity contribution in [1.29, 1.82) is 0 Å². The van der Waals surface area contributed by atoms with Gasteiger partial charge in [-0.15, -0.1) is 0 Å². The number of amides is 2. The summed E-state index contributed by atoms with van der Waals surface area (Å²) >= 11 is 0. The lowest BCUT2D eigenvalue weighted by Crippen LogP contribution is -2.34. The third kappa shape index (κ3) is 3.94. The molecule has 0 aromatic carbocycles. The summed E-state index contributed by atoms with van der Waals surface area (Å²) in [5.74, 6) is -1.28. The van der Waals surface area contributed by atoms with Crippen LogP contribution in [-0.4, -0.2) is 48.4 Å². The van der Waals surface area contributed by atoms with Crippen LogP contribution >= 0.6 is 0 Å². The second-order valence-electron chi connectivity index (χ2n) is 5.22. The molecule has 0 radical (unpaired) electrons. The highest BCUT2D eigenvalue weighted by Crippen LogP contribution is 2.36. The summed E-state index contributed by atoms with van der Waals surface area (Å²) in [5.41, 5.74) is 0.825. The second-order valence-corrected chi connectivity index (χ2v) is 5.22. The molecule has 2 rings (SSSR count). The Labute approximate surface area is 134 Å². The van der Waals surface area contributed by atoms with Gasteiger partial charge in [0.05, 0.1) is 19.1 Å². The normalized spacial score (nSPS) is 20.8. The van der Waals surface area contributed by atoms with Crippen LogP contribution in [-0.2, 0) is 19.1 Å². The van der Waals surface area contributed by atoms with Crippen molar-refractivity contribution in [3.8, 4) is 0 Å². The Morgan fingerprint density at radius 3 is 2.96 bits per heavy atom. The number of esters is 1. The smallest absolute Gasteiger partial charge is 0.330 e. The van der Waals surface area contributed by atoms with Gasteiger partial charge in [-0.25, -0.2) is 4.79 Å². The predicted molar refractivity (Wildman–Crippen MR) is 82.0 cm³/mol. The van der Waals surface area contributed by atoms with Gasteiger partial charge < -0.3 is 15.0 Å². The lowest BCUT2D eigenvalue weighted by Gasteiger charge is -2.24. The first-order valence-electron chi connectivity index (χ1n) is 7.22. The highest BCUT2D eigenvalue weighted by Gasteiger charge is 2.42. The Morgan fingerprint density at radius 2 is 2.30 bits per heavy atom. The number of hydrogen-bond acceptors (Lipinski definition) is 5. The number of ether oxygens (including phenoxy) is 1. The highest BCUT2D eigenvalue weighted by molar-refractivity contribution is 5.90. The molecule has 1 aliphatic heterocycles. The summed E-state index contributed by atoms with van der Waals surface area (Å²) in [7, 11) is 2.97. The standard InChI is InChI=1S/C16H19N3O4/c1-19-13(20)9-12(15(19)11-5-3-7-17-10-11)16(22)18-8-4-6-14(21)23-2/h3-7,10,12,15H,8-9H2,1-2H3,(H,18,22)/b6-4+/t12-,15+/m1/s1. The van der Waals surface area contributed by atoms with Gasteiger partial charge in [-0.05, 0) is 11.6 Å². The molecule has 1 aromatic heterocycles. The lowest BCUT2D eigenvalue weighted by molar-refractivity contribution is -0.135. The Hall–Kier alpha value is -2.70. The van der Waals surface area contributed by atoms with Crippen LogP contribution < -0.4 is 5.32 Å². The summed E-state index contributed by atoms with van der Waals surface area (Å²) in [5, 5.41) is 2.71. The van der Waals surface area contributed by atoms with Crippen LogP contribution in [0.2, 0.25) is 0 Å². The van der Waals surface area contributed by atoms with Crippen LogP contribution in [0.15, 0.2) is 36.7 Å². The van der Waals surface area contributed by atoms with Gasteiger partial charge in [-0.1, -0.05) is 12.1 Å². The average Bonchev–Trinajstić information content (AvgIpc) is 2.87. The number of rotatable bonds is 5. The first-order valence-corrected chi connectivity index (χ1v) is 7.22. The van der Waals surface area contributed by atoms with Crippen molar-refractivity contribution in [3.63, 3.8) is 0 Å². The number of carbonyl (C=O) groups is 3. The number of pyridine rings is 1. The van der Waals surface area contributed by atoms with Gasteiger partial charge in [0.1, 0.15) is 0 Å². The summed E-state index contributed by atoms with van der Waals surface area (Å²) in [4.78, 5) is 40.9. The minimum atomic E-state index is -0.483. The molecule has 0 saturated carbocycles. The van der Waals surface area contributed by atoms with Crippen LogP contribution in [0.3, 0.4) is 0 Å². The summed E-state index contributed by atoms with van der Waals surface area (Å²) < 4.78 is 4.46. The van der Waals surface area contributed by atoms with Gasteiger partial charge in [-0.3, -0.25) is 14.6 Å². The molecular formula is C16H19N3O4. The summed E-state index contributed by atoms with van der Waals surface area (Å²) in [6.07, 6.45) is 6.21. The van der Waals surface area contributed by atoms with Gasteiger partial charge >= 0.3 is 5.97 Å². The maximum Gasteiger partial charge on any atom is 0.330 e. The third-order valence-electron chi connectivity index (χ3n) is 3.80. The first-order chi connectivity index (χ1) is 11.0. The van der Waals surface area contributed by atoms with Crippen molar-refractivity contribution in [2.45, 2.75) is 12.5 Å². The van der Waals surface area contributed by atoms with Gasteiger partial charge in [0.2, 0.25) is 11.8 Å². The van der Waals surface area contributed by atoms with E-state index in [0.717, 1.165) is 5.56 Å². The average molecular weight is 317 g/mol. The van der Waals surface area contributed by atoms with E-state index in [9.17, 15) is 14.4 Å². The minimum Gasteiger partial charge on any atom is -0.466 e. The van der Waals surface area contributed by atoms with Gasteiger partial charge in [0.25, 0.3) is 0 Å². The molecule has 7 nitrogen and oxygen atoms in total. The molecule has 23 heavy (non-hydrogen) atoms. The number of likely N-dealkylation sites (tertiary alicyclic amines) is 1. The highest BCUT2D eigenvalue weighted by atomic mass is 16.5. The molecule has 0 spiro atoms. The Kier molecular flexibility index (Phi) is 5.46. The molecular weight excluding hydrogens is 298 g/mol. The fourth-order valence-corrected chi connectivity index (χ4v) is 2.63. The maximum absolute atomic E-state index is 12.4. The quantitative estimate of drug-likeness (QED) is 0.629. The number of hydrogen-bond donors (Lipinski definition) is 1. The van der Waals surface area contributed by atoms with Gasteiger partial charge in [0.15, 0.2) is 0 Å². The number of aromatic nitrogens is 1. The van der Waals surface area contributed by atoms with E-state index in [-0.39, 0.29) is 30.8 Å². The van der Waals surface area contributed by atoms with E-state index in [1.807, 2.05) is 6.07 Å². The molecule has 2 atom stereocenters. The van der Waals surface area contributed by atoms with Crippen LogP contribution in [0, 0.1) is 5.92 Å². The van der Waals surface area contributed by atoms with E-state index in [0.29, 0.717) is 0 Å². The number of carbonyl (C=O) groups excluding carboxylic acids is 3. The van der Waals surface area contributed by atoms with Crippen LogP contribution in [0.5, 0.6) is 0 Å². The minimum absolute atomic E-state index is 0.0795. The third-order valence-corrected chi connectivity index (χ3v) is 3.80. The van der Waals surface area contributed by atoms with E-state index >= 15 is 0 Å². The van der Waals surface area contributed by atoms with Crippen molar-refractivity contribution >= 4 is 17.8 Å². The molecule has 1 saturated heterocycles.